The van der Waals surface area contributed by atoms with Crippen LogP contribution < -0.4 is 20.9 Å². The Morgan fingerprint density at radius 2 is 2.00 bits per heavy atom. The summed E-state index contributed by atoms with van der Waals surface area (Å²) in [7, 11) is -1.05. The van der Waals surface area contributed by atoms with Gasteiger partial charge in [-0.3, -0.25) is 9.59 Å². The van der Waals surface area contributed by atoms with E-state index in [9.17, 15) is 14.2 Å². The molecule has 0 aliphatic heterocycles. The van der Waals surface area contributed by atoms with Crippen molar-refractivity contribution in [1.29, 1.82) is 0 Å². The molecule has 0 spiro atoms. The summed E-state index contributed by atoms with van der Waals surface area (Å²) in [5.41, 5.74) is 2.53. The first-order chi connectivity index (χ1) is 16.2. The molecule has 1 amide bonds. The van der Waals surface area contributed by atoms with Gasteiger partial charge in [0.25, 0.3) is 0 Å². The highest BCUT2D eigenvalue weighted by atomic mass is 32.1. The van der Waals surface area contributed by atoms with Gasteiger partial charge < -0.3 is 19.9 Å². The molecule has 34 heavy (non-hydrogen) atoms. The number of benzene rings is 1. The van der Waals surface area contributed by atoms with Crippen LogP contribution in [0.1, 0.15) is 36.5 Å². The van der Waals surface area contributed by atoms with E-state index in [1.54, 1.807) is 33.4 Å². The Morgan fingerprint density at radius 3 is 2.62 bits per heavy atom. The third-order valence-electron chi connectivity index (χ3n) is 5.34. The second kappa shape index (κ2) is 9.64. The molecule has 178 valence electrons. The number of carbonyl (C=O) groups excluding carboxylic acids is 2. The Morgan fingerprint density at radius 1 is 1.24 bits per heavy atom. The van der Waals surface area contributed by atoms with Gasteiger partial charge in [-0.2, -0.15) is 4.37 Å². The summed E-state index contributed by atoms with van der Waals surface area (Å²) in [5.74, 6) is 0.759. The number of pyridine rings is 1. The number of ether oxygens (including phenoxy) is 1. The van der Waals surface area contributed by atoms with Gasteiger partial charge in [-0.05, 0) is 49.8 Å². The number of anilines is 3. The van der Waals surface area contributed by atoms with Crippen molar-refractivity contribution < 1.29 is 18.9 Å². The Bertz CT molecular complexity index is 1300. The molecule has 1 aromatic carbocycles. The van der Waals surface area contributed by atoms with Gasteiger partial charge >= 0.3 is 0 Å². The number of carbonyl (C=O) groups is 2. The molecule has 0 radical (unpaired) electrons. The number of Topliss-reactive ketones (excluding diaryl/α,β-unsaturated/α-hetero) is 1. The van der Waals surface area contributed by atoms with Crippen molar-refractivity contribution in [3.05, 3.63) is 36.0 Å². The molecule has 1 aliphatic rings. The van der Waals surface area contributed by atoms with Crippen LogP contribution in [-0.4, -0.2) is 46.5 Å². The van der Waals surface area contributed by atoms with Crippen LogP contribution in [0.25, 0.3) is 10.6 Å². The maximum Gasteiger partial charge on any atom is 0.228 e. The van der Waals surface area contributed by atoms with Crippen molar-refractivity contribution in [1.82, 2.24) is 14.3 Å². The first-order valence-electron chi connectivity index (χ1n) is 10.9. The van der Waals surface area contributed by atoms with E-state index in [1.165, 1.54) is 6.20 Å². The van der Waals surface area contributed by atoms with Gasteiger partial charge in [-0.25, -0.2) is 9.97 Å². The molecule has 0 bridgehead atoms. The molecule has 11 heteroatoms. The third-order valence-corrected chi connectivity index (χ3v) is 7.39. The average Bonchev–Trinajstić information content (AvgIpc) is 3.54. The molecule has 9 nitrogen and oxygen atoms in total. The summed E-state index contributed by atoms with van der Waals surface area (Å²) in [6.45, 7) is 5.04. The molecular formula is C23H26N5O4PS. The molecule has 0 atom stereocenters. The van der Waals surface area contributed by atoms with Crippen LogP contribution >= 0.6 is 18.7 Å². The topological polar surface area (TPSA) is 123 Å². The number of aromatic nitrogens is 3. The predicted octanol–water partition coefficient (Wildman–Crippen LogP) is 4.54. The number of amides is 1. The van der Waals surface area contributed by atoms with E-state index in [0.717, 1.165) is 24.4 Å². The maximum absolute atomic E-state index is 12.6. The lowest BCUT2D eigenvalue weighted by Gasteiger charge is -2.17. The molecule has 2 heterocycles. The molecule has 1 fully saturated rings. The molecule has 1 aliphatic carbocycles. The zero-order valence-electron chi connectivity index (χ0n) is 19.4. The van der Waals surface area contributed by atoms with E-state index >= 15 is 0 Å². The van der Waals surface area contributed by atoms with E-state index in [0.29, 0.717) is 51.1 Å². The zero-order valence-corrected chi connectivity index (χ0v) is 21.1. The number of ketones is 1. The first-order valence-corrected chi connectivity index (χ1v) is 14.3. The first kappa shape index (κ1) is 24.0. The second-order valence-corrected chi connectivity index (χ2v) is 12.3. The van der Waals surface area contributed by atoms with Crippen LogP contribution in [0.5, 0.6) is 5.75 Å². The van der Waals surface area contributed by atoms with Crippen LogP contribution in [0.2, 0.25) is 0 Å². The fourth-order valence-corrected chi connectivity index (χ4v) is 5.24. The highest BCUT2D eigenvalue weighted by Gasteiger charge is 2.30. The zero-order chi connectivity index (χ0) is 24.5. The summed E-state index contributed by atoms with van der Waals surface area (Å²) < 4.78 is 22.3. The van der Waals surface area contributed by atoms with Gasteiger partial charge in [-0.15, -0.1) is 0 Å². The average molecular weight is 500 g/mol. The monoisotopic (exact) mass is 499 g/mol. The van der Waals surface area contributed by atoms with Crippen LogP contribution in [0.4, 0.5) is 17.2 Å². The van der Waals surface area contributed by atoms with E-state index < -0.39 is 7.14 Å². The summed E-state index contributed by atoms with van der Waals surface area (Å²) in [6, 6.07) is 7.15. The van der Waals surface area contributed by atoms with Crippen molar-refractivity contribution in [2.45, 2.75) is 26.2 Å². The molecule has 0 saturated heterocycles. The van der Waals surface area contributed by atoms with Gasteiger partial charge in [-0.1, -0.05) is 13.0 Å². The van der Waals surface area contributed by atoms with Gasteiger partial charge in [0.1, 0.15) is 18.0 Å². The summed E-state index contributed by atoms with van der Waals surface area (Å²) in [6.07, 6.45) is 3.55. The van der Waals surface area contributed by atoms with Gasteiger partial charge in [0.2, 0.25) is 11.5 Å². The number of rotatable bonds is 9. The van der Waals surface area contributed by atoms with Crippen molar-refractivity contribution in [3.8, 4) is 16.3 Å². The molecule has 3 aromatic rings. The largest absolute Gasteiger partial charge is 0.494 e. The van der Waals surface area contributed by atoms with Gasteiger partial charge in [0.05, 0.1) is 29.6 Å². The summed E-state index contributed by atoms with van der Waals surface area (Å²) in [4.78, 5) is 33.5. The van der Waals surface area contributed by atoms with Crippen molar-refractivity contribution in [2.75, 3.05) is 31.1 Å². The van der Waals surface area contributed by atoms with Crippen molar-refractivity contribution >= 4 is 53.1 Å². The number of para-hydroxylation sites is 1. The van der Waals surface area contributed by atoms with Crippen LogP contribution in [0.3, 0.4) is 0 Å². The van der Waals surface area contributed by atoms with E-state index in [4.69, 9.17) is 4.74 Å². The minimum absolute atomic E-state index is 0.0327. The van der Waals surface area contributed by atoms with Crippen LogP contribution in [-0.2, 0) is 9.36 Å². The number of hydrogen-bond donors (Lipinski definition) is 2. The predicted molar refractivity (Wildman–Crippen MR) is 134 cm³/mol. The summed E-state index contributed by atoms with van der Waals surface area (Å²) in [5, 5.41) is 6.68. The van der Waals surface area contributed by atoms with Crippen molar-refractivity contribution in [3.63, 3.8) is 0 Å². The van der Waals surface area contributed by atoms with E-state index in [-0.39, 0.29) is 17.6 Å². The molecule has 0 unspecified atom stereocenters. The summed E-state index contributed by atoms with van der Waals surface area (Å²) >= 11 is 1.15. The third kappa shape index (κ3) is 5.18. The lowest BCUT2D eigenvalue weighted by atomic mass is 10.1. The molecule has 2 aromatic heterocycles. The van der Waals surface area contributed by atoms with E-state index in [1.807, 2.05) is 18.2 Å². The van der Waals surface area contributed by atoms with Gasteiger partial charge in [0.15, 0.2) is 11.5 Å². The van der Waals surface area contributed by atoms with Crippen LogP contribution in [0, 0.1) is 5.92 Å². The minimum atomic E-state index is -2.60. The molecule has 1 saturated carbocycles. The number of methoxy groups -OCH3 is 1. The highest BCUT2D eigenvalue weighted by molar-refractivity contribution is 7.69. The SMILES string of the molecule is CCC(=O)c1cnc(NC(=O)C2CC2)cc1Nc1cccc(-c2nc(P(C)(C)=O)ns2)c1OC. The quantitative estimate of drug-likeness (QED) is 0.325. The van der Waals surface area contributed by atoms with Crippen molar-refractivity contribution in [2.24, 2.45) is 5.92 Å². The Labute approximate surface area is 201 Å². The smallest absolute Gasteiger partial charge is 0.228 e. The second-order valence-electron chi connectivity index (χ2n) is 8.42. The molecule has 2 N–H and O–H groups in total. The van der Waals surface area contributed by atoms with E-state index in [2.05, 4.69) is 25.0 Å². The normalized spacial score (nSPS) is 13.4. The fourth-order valence-electron chi connectivity index (χ4n) is 3.33. The minimum Gasteiger partial charge on any atom is -0.494 e. The van der Waals surface area contributed by atoms with Crippen LogP contribution in [0.15, 0.2) is 30.5 Å². The highest BCUT2D eigenvalue weighted by Crippen LogP contribution is 2.41. The van der Waals surface area contributed by atoms with Gasteiger partial charge in [0, 0.05) is 24.6 Å². The maximum atomic E-state index is 12.6. The fraction of sp³-hybridized carbons (Fsp3) is 0.348. The Hall–Kier alpha value is -3.10. The number of nitrogens with zero attached hydrogens (tertiary/aromatic N) is 3. The number of nitrogens with one attached hydrogen (secondary N) is 2. The molecular weight excluding hydrogens is 473 g/mol. The molecule has 4 rings (SSSR count). The number of hydrogen-bond acceptors (Lipinski definition) is 9. The lowest BCUT2D eigenvalue weighted by Crippen LogP contribution is -2.15. The Balaban J connectivity index is 1.71. The lowest BCUT2D eigenvalue weighted by molar-refractivity contribution is -0.117. The Kier molecular flexibility index (Phi) is 6.81. The standard InChI is InChI=1S/C23H26N5O4PS/c1-5-18(29)15-12-24-19(26-21(30)13-9-10-13)11-17(15)25-16-8-6-7-14(20(16)32-2)22-27-23(28-34-22)33(3,4)31/h6-8,11-13H,5,9-10H2,1-4H3,(H2,24,25,26,30).